The highest BCUT2D eigenvalue weighted by molar-refractivity contribution is 7.68. The van der Waals surface area contributed by atoms with E-state index in [1.54, 1.807) is 10.6 Å². The quantitative estimate of drug-likeness (QED) is 0.567. The SMILES string of the molecule is c1ccc(P2CCC[C@@H]2CPC[C@H]2CCCP2c2ccccc2)cc1. The van der Waals surface area contributed by atoms with Crippen LogP contribution in [0.3, 0.4) is 0 Å². The van der Waals surface area contributed by atoms with E-state index >= 15 is 0 Å². The minimum absolute atomic E-state index is 0.130. The number of hydrogen-bond donors (Lipinski definition) is 0. The van der Waals surface area contributed by atoms with Crippen LogP contribution in [0, 0.1) is 0 Å². The molecule has 3 heteroatoms. The molecule has 0 spiro atoms. The van der Waals surface area contributed by atoms with E-state index in [0.29, 0.717) is 0 Å². The molecule has 25 heavy (non-hydrogen) atoms. The van der Waals surface area contributed by atoms with Crippen molar-refractivity contribution in [1.29, 1.82) is 0 Å². The fourth-order valence-corrected chi connectivity index (χ4v) is 13.4. The van der Waals surface area contributed by atoms with Gasteiger partial charge in [0.2, 0.25) is 0 Å². The molecule has 2 aromatic carbocycles. The molecule has 2 aliphatic heterocycles. The van der Waals surface area contributed by atoms with Crippen LogP contribution in [0.25, 0.3) is 0 Å². The van der Waals surface area contributed by atoms with Gasteiger partial charge in [0.1, 0.15) is 0 Å². The van der Waals surface area contributed by atoms with Gasteiger partial charge in [0.05, 0.1) is 0 Å². The van der Waals surface area contributed by atoms with Crippen molar-refractivity contribution in [2.75, 3.05) is 24.6 Å². The van der Waals surface area contributed by atoms with E-state index in [1.807, 2.05) is 0 Å². The van der Waals surface area contributed by atoms with E-state index in [9.17, 15) is 0 Å². The lowest BCUT2D eigenvalue weighted by Crippen LogP contribution is -2.15. The van der Waals surface area contributed by atoms with Crippen molar-refractivity contribution in [3.8, 4) is 0 Å². The monoisotopic (exact) mass is 386 g/mol. The highest BCUT2D eigenvalue weighted by Gasteiger charge is 2.30. The van der Waals surface area contributed by atoms with Crippen molar-refractivity contribution >= 4 is 35.0 Å². The Bertz CT molecular complexity index is 585. The van der Waals surface area contributed by atoms with Gasteiger partial charge in [-0.2, -0.15) is 0 Å². The van der Waals surface area contributed by atoms with Gasteiger partial charge in [-0.1, -0.05) is 76.5 Å². The first-order valence-corrected chi connectivity index (χ1v) is 14.4. The lowest BCUT2D eigenvalue weighted by atomic mass is 10.3. The molecule has 2 unspecified atom stereocenters. The summed E-state index contributed by atoms with van der Waals surface area (Å²) in [4.78, 5) is 0. The highest BCUT2D eigenvalue weighted by atomic mass is 31.1. The van der Waals surface area contributed by atoms with Gasteiger partial charge in [-0.3, -0.25) is 0 Å². The molecule has 4 atom stereocenters. The maximum atomic E-state index is 2.39. The maximum Gasteiger partial charge on any atom is -0.0132 e. The van der Waals surface area contributed by atoms with Gasteiger partial charge in [-0.05, 0) is 72.3 Å². The third-order valence-electron chi connectivity index (χ3n) is 5.69. The molecular weight excluding hydrogens is 357 g/mol. The smallest absolute Gasteiger partial charge is 0.0132 e. The summed E-state index contributed by atoms with van der Waals surface area (Å²) in [5, 5.41) is 3.33. The van der Waals surface area contributed by atoms with Crippen LogP contribution in [0.5, 0.6) is 0 Å². The standard InChI is InChI=1S/C22H29P3/c1-3-9-19(10-4-1)24-15-7-13-21(24)17-23-18-22-14-8-16-25(22)20-11-5-2-6-12-20/h1-6,9-12,21-23H,7-8,13-18H2/t21-,22-,24?,25?/m1/s1. The van der Waals surface area contributed by atoms with Crippen molar-refractivity contribution in [1.82, 2.24) is 0 Å². The van der Waals surface area contributed by atoms with Crippen LogP contribution in [0.1, 0.15) is 25.7 Å². The average molecular weight is 386 g/mol. The van der Waals surface area contributed by atoms with Gasteiger partial charge in [0, 0.05) is 0 Å². The van der Waals surface area contributed by atoms with Crippen LogP contribution in [0.4, 0.5) is 0 Å². The van der Waals surface area contributed by atoms with Crippen LogP contribution in [0.2, 0.25) is 0 Å². The summed E-state index contributed by atoms with van der Waals surface area (Å²) in [6.07, 6.45) is 11.9. The second-order valence-electron chi connectivity index (χ2n) is 7.31. The molecule has 2 heterocycles. The van der Waals surface area contributed by atoms with Crippen molar-refractivity contribution in [3.63, 3.8) is 0 Å². The van der Waals surface area contributed by atoms with E-state index in [4.69, 9.17) is 0 Å². The van der Waals surface area contributed by atoms with Crippen molar-refractivity contribution in [2.45, 2.75) is 37.0 Å². The maximum absolute atomic E-state index is 2.39. The van der Waals surface area contributed by atoms with Crippen LogP contribution in [0.15, 0.2) is 60.7 Å². The largest absolute Gasteiger partial charge is 0.121 e. The van der Waals surface area contributed by atoms with E-state index in [0.717, 1.165) is 11.3 Å². The van der Waals surface area contributed by atoms with Crippen LogP contribution < -0.4 is 10.6 Å². The van der Waals surface area contributed by atoms with Gasteiger partial charge in [-0.25, -0.2) is 0 Å². The minimum atomic E-state index is 0.130. The zero-order chi connectivity index (χ0) is 16.9. The molecular formula is C22H29P3. The number of rotatable bonds is 6. The molecule has 0 nitrogen and oxygen atoms in total. The Morgan fingerprint density at radius 3 is 1.56 bits per heavy atom. The average Bonchev–Trinajstić information content (AvgIpc) is 3.33. The van der Waals surface area contributed by atoms with Gasteiger partial charge >= 0.3 is 0 Å². The molecule has 2 aromatic rings. The molecule has 4 rings (SSSR count). The molecule has 0 saturated carbocycles. The van der Waals surface area contributed by atoms with Crippen LogP contribution >= 0.6 is 24.4 Å². The summed E-state index contributed by atoms with van der Waals surface area (Å²) in [5.41, 5.74) is 2.03. The number of hydrogen-bond acceptors (Lipinski definition) is 0. The van der Waals surface area contributed by atoms with Crippen molar-refractivity contribution < 1.29 is 0 Å². The number of benzene rings is 2. The molecule has 0 N–H and O–H groups in total. The molecule has 2 saturated heterocycles. The van der Waals surface area contributed by atoms with E-state index < -0.39 is 0 Å². The Morgan fingerprint density at radius 1 is 0.680 bits per heavy atom. The molecule has 0 radical (unpaired) electrons. The van der Waals surface area contributed by atoms with E-state index in [2.05, 4.69) is 60.7 Å². The fourth-order valence-electron chi connectivity index (χ4n) is 4.43. The van der Waals surface area contributed by atoms with E-state index in [-0.39, 0.29) is 15.8 Å². The molecule has 0 aromatic heterocycles. The predicted octanol–water partition coefficient (Wildman–Crippen LogP) is 5.60. The first kappa shape index (κ1) is 18.1. The summed E-state index contributed by atoms with van der Waals surface area (Å²) in [6, 6.07) is 22.8. The normalized spacial score (nSPS) is 29.6. The Kier molecular flexibility index (Phi) is 6.58. The van der Waals surface area contributed by atoms with Gasteiger partial charge in [-0.15, -0.1) is 8.58 Å². The van der Waals surface area contributed by atoms with Gasteiger partial charge in [0.15, 0.2) is 0 Å². The predicted molar refractivity (Wildman–Crippen MR) is 120 cm³/mol. The second-order valence-corrected chi connectivity index (χ2v) is 13.9. The summed E-state index contributed by atoms with van der Waals surface area (Å²) < 4.78 is 0. The third kappa shape index (κ3) is 4.53. The lowest BCUT2D eigenvalue weighted by Gasteiger charge is -2.24. The summed E-state index contributed by atoms with van der Waals surface area (Å²) in [7, 11) is 1.45. The molecule has 132 valence electrons. The first-order chi connectivity index (χ1) is 12.4. The highest BCUT2D eigenvalue weighted by Crippen LogP contribution is 2.53. The zero-order valence-corrected chi connectivity index (χ0v) is 17.8. The van der Waals surface area contributed by atoms with Crippen molar-refractivity contribution in [2.24, 2.45) is 0 Å². The topological polar surface area (TPSA) is 0 Å². The van der Waals surface area contributed by atoms with E-state index in [1.165, 1.54) is 58.9 Å². The summed E-state index contributed by atoms with van der Waals surface area (Å²) in [6.45, 7) is 0. The molecule has 0 bridgehead atoms. The second kappa shape index (κ2) is 9.09. The lowest BCUT2D eigenvalue weighted by molar-refractivity contribution is 0.829. The first-order valence-electron chi connectivity index (χ1n) is 9.76. The molecule has 0 aliphatic carbocycles. The molecule has 2 fully saturated rings. The minimum Gasteiger partial charge on any atom is -0.121 e. The van der Waals surface area contributed by atoms with Crippen molar-refractivity contribution in [3.05, 3.63) is 60.7 Å². The third-order valence-corrected chi connectivity index (χ3v) is 14.1. The van der Waals surface area contributed by atoms with Gasteiger partial charge in [0.25, 0.3) is 0 Å². The van der Waals surface area contributed by atoms with Gasteiger partial charge < -0.3 is 0 Å². The molecule has 2 aliphatic rings. The summed E-state index contributed by atoms with van der Waals surface area (Å²) >= 11 is 0. The van der Waals surface area contributed by atoms with Crippen LogP contribution in [-0.4, -0.2) is 36.0 Å². The Balaban J connectivity index is 1.31. The van der Waals surface area contributed by atoms with Crippen LogP contribution in [-0.2, 0) is 0 Å². The Morgan fingerprint density at radius 2 is 1.12 bits per heavy atom. The zero-order valence-electron chi connectivity index (χ0n) is 15.0. The Labute approximate surface area is 157 Å². The summed E-state index contributed by atoms with van der Waals surface area (Å²) in [5.74, 6) is 0. The fraction of sp³-hybridized carbons (Fsp3) is 0.455. The Hall–Kier alpha value is -0.270. The molecule has 0 amide bonds.